The lowest BCUT2D eigenvalue weighted by molar-refractivity contribution is -0.123. The molecule has 1 saturated heterocycles. The zero-order chi connectivity index (χ0) is 18.3. The lowest BCUT2D eigenvalue weighted by atomic mass is 9.63. The molecule has 0 unspecified atom stereocenters. The molecule has 1 N–H and O–H groups in total. The number of aryl methyl sites for hydroxylation is 1. The van der Waals surface area contributed by atoms with Crippen LogP contribution in [0.5, 0.6) is 5.75 Å². The summed E-state index contributed by atoms with van der Waals surface area (Å²) in [5.74, 6) is 2.09. The number of halogens is 1. The second-order valence-corrected chi connectivity index (χ2v) is 7.93. The average Bonchev–Trinajstić information content (AvgIpc) is 3.02. The molecule has 136 valence electrons. The van der Waals surface area contributed by atoms with Gasteiger partial charge < -0.3 is 10.1 Å². The van der Waals surface area contributed by atoms with Crippen LogP contribution in [0.1, 0.15) is 41.4 Å². The summed E-state index contributed by atoms with van der Waals surface area (Å²) in [6, 6.07) is 14.7. The molecule has 1 saturated carbocycles. The number of amides is 1. The Balaban J connectivity index is 1.77. The van der Waals surface area contributed by atoms with Crippen LogP contribution in [-0.4, -0.2) is 19.6 Å². The Kier molecular flexibility index (Phi) is 4.66. The molecule has 1 aliphatic heterocycles. The summed E-state index contributed by atoms with van der Waals surface area (Å²) in [4.78, 5) is 12.3. The van der Waals surface area contributed by atoms with Crippen LogP contribution >= 0.6 is 11.6 Å². The van der Waals surface area contributed by atoms with Crippen molar-refractivity contribution in [2.24, 2.45) is 11.8 Å². The number of hydrogen-bond donors (Lipinski definition) is 1. The fourth-order valence-electron chi connectivity index (χ4n) is 4.83. The molecule has 0 bridgehead atoms. The quantitative estimate of drug-likeness (QED) is 0.853. The Hall–Kier alpha value is -2.00. The van der Waals surface area contributed by atoms with Gasteiger partial charge in [0.1, 0.15) is 5.75 Å². The summed E-state index contributed by atoms with van der Waals surface area (Å²) in [7, 11) is 1.68. The van der Waals surface area contributed by atoms with Crippen LogP contribution in [0.25, 0.3) is 0 Å². The molecule has 2 aromatic carbocycles. The zero-order valence-corrected chi connectivity index (χ0v) is 15.9. The third-order valence-electron chi connectivity index (χ3n) is 6.11. The normalized spacial score (nSPS) is 27.7. The summed E-state index contributed by atoms with van der Waals surface area (Å²) < 4.78 is 5.32. The van der Waals surface area contributed by atoms with Gasteiger partial charge in [-0.1, -0.05) is 35.9 Å². The van der Waals surface area contributed by atoms with Crippen molar-refractivity contribution in [1.29, 1.82) is 0 Å². The van der Waals surface area contributed by atoms with Gasteiger partial charge >= 0.3 is 0 Å². The van der Waals surface area contributed by atoms with Crippen LogP contribution in [0.3, 0.4) is 0 Å². The van der Waals surface area contributed by atoms with E-state index in [-0.39, 0.29) is 17.7 Å². The van der Waals surface area contributed by atoms with E-state index < -0.39 is 0 Å². The zero-order valence-electron chi connectivity index (χ0n) is 15.2. The van der Waals surface area contributed by atoms with Gasteiger partial charge in [0.2, 0.25) is 5.91 Å². The molecule has 1 aliphatic carbocycles. The highest BCUT2D eigenvalue weighted by atomic mass is 35.5. The van der Waals surface area contributed by atoms with Crippen molar-refractivity contribution < 1.29 is 9.53 Å². The van der Waals surface area contributed by atoms with E-state index in [2.05, 4.69) is 36.5 Å². The molecular formula is C22H24ClNO2. The highest BCUT2D eigenvalue weighted by molar-refractivity contribution is 6.31. The molecule has 0 aromatic heterocycles. The van der Waals surface area contributed by atoms with Gasteiger partial charge in [0.15, 0.2) is 0 Å². The Morgan fingerprint density at radius 1 is 1.08 bits per heavy atom. The van der Waals surface area contributed by atoms with E-state index in [1.165, 1.54) is 16.7 Å². The van der Waals surface area contributed by atoms with E-state index in [0.717, 1.165) is 30.2 Å². The highest BCUT2D eigenvalue weighted by Crippen LogP contribution is 2.52. The predicted molar refractivity (Wildman–Crippen MR) is 104 cm³/mol. The first-order valence-corrected chi connectivity index (χ1v) is 9.64. The Bertz CT molecular complexity index is 817. The second kappa shape index (κ2) is 6.96. The Labute approximate surface area is 159 Å². The van der Waals surface area contributed by atoms with Crippen LogP contribution in [0.15, 0.2) is 42.5 Å². The maximum absolute atomic E-state index is 12.3. The van der Waals surface area contributed by atoms with Crippen LogP contribution in [0, 0.1) is 18.8 Å². The fourth-order valence-corrected chi connectivity index (χ4v) is 5.21. The third-order valence-corrected chi connectivity index (χ3v) is 6.43. The fraction of sp³-hybridized carbons (Fsp3) is 0.409. The SMILES string of the molecule is COc1ccc([C@@H]2[C@@H]3CNC(=O)[C@@H]3CC[C@H]2c2ccc(C)cc2Cl)cc1. The van der Waals surface area contributed by atoms with Crippen molar-refractivity contribution in [3.05, 3.63) is 64.2 Å². The number of nitrogens with one attached hydrogen (secondary N) is 1. The number of benzene rings is 2. The average molecular weight is 370 g/mol. The molecule has 4 heteroatoms. The Morgan fingerprint density at radius 2 is 1.81 bits per heavy atom. The maximum Gasteiger partial charge on any atom is 0.223 e. The monoisotopic (exact) mass is 369 g/mol. The van der Waals surface area contributed by atoms with Gasteiger partial charge in [0, 0.05) is 17.5 Å². The minimum Gasteiger partial charge on any atom is -0.497 e. The minimum absolute atomic E-state index is 0.113. The van der Waals surface area contributed by atoms with Gasteiger partial charge in [-0.15, -0.1) is 0 Å². The largest absolute Gasteiger partial charge is 0.497 e. The highest BCUT2D eigenvalue weighted by Gasteiger charge is 2.47. The summed E-state index contributed by atoms with van der Waals surface area (Å²) in [5.41, 5.74) is 3.64. The standard InChI is InChI=1S/C22H24ClNO2/c1-13-3-8-16(20(23)11-13)17-9-10-18-19(12-24-22(18)25)21(17)14-4-6-15(26-2)7-5-14/h3-8,11,17-19,21H,9-10,12H2,1-2H3,(H,24,25)/t17-,18+,19+,21-/m0/s1. The van der Waals surface area contributed by atoms with Crippen LogP contribution < -0.4 is 10.1 Å². The summed E-state index contributed by atoms with van der Waals surface area (Å²) in [6.45, 7) is 2.81. The summed E-state index contributed by atoms with van der Waals surface area (Å²) >= 11 is 6.63. The molecule has 3 nitrogen and oxygen atoms in total. The molecule has 1 heterocycles. The van der Waals surface area contributed by atoms with Crippen LogP contribution in [-0.2, 0) is 4.79 Å². The van der Waals surface area contributed by atoms with E-state index in [1.807, 2.05) is 18.2 Å². The van der Waals surface area contributed by atoms with Crippen molar-refractivity contribution in [1.82, 2.24) is 5.32 Å². The third kappa shape index (κ3) is 2.99. The molecule has 0 spiro atoms. The van der Waals surface area contributed by atoms with E-state index in [1.54, 1.807) is 7.11 Å². The topological polar surface area (TPSA) is 38.3 Å². The lowest BCUT2D eigenvalue weighted by Gasteiger charge is -2.40. The minimum atomic E-state index is 0.113. The second-order valence-electron chi connectivity index (χ2n) is 7.52. The number of fused-ring (bicyclic) bond motifs is 1. The lowest BCUT2D eigenvalue weighted by Crippen LogP contribution is -2.32. The molecule has 2 aromatic rings. The van der Waals surface area contributed by atoms with Crippen molar-refractivity contribution in [2.75, 3.05) is 13.7 Å². The first-order chi connectivity index (χ1) is 12.6. The van der Waals surface area contributed by atoms with E-state index in [0.29, 0.717) is 11.8 Å². The van der Waals surface area contributed by atoms with Crippen molar-refractivity contribution in [2.45, 2.75) is 31.6 Å². The first-order valence-electron chi connectivity index (χ1n) is 9.26. The molecule has 2 aliphatic rings. The number of carbonyl (C=O) groups is 1. The number of rotatable bonds is 3. The summed E-state index contributed by atoms with van der Waals surface area (Å²) in [6.07, 6.45) is 1.91. The smallest absolute Gasteiger partial charge is 0.223 e. The van der Waals surface area contributed by atoms with Gasteiger partial charge in [-0.05, 0) is 72.4 Å². The molecular weight excluding hydrogens is 346 g/mol. The van der Waals surface area contributed by atoms with Crippen LogP contribution in [0.2, 0.25) is 5.02 Å². The van der Waals surface area contributed by atoms with Crippen molar-refractivity contribution in [3.8, 4) is 5.75 Å². The van der Waals surface area contributed by atoms with Gasteiger partial charge in [-0.2, -0.15) is 0 Å². The predicted octanol–water partition coefficient (Wildman–Crippen LogP) is 4.68. The maximum atomic E-state index is 12.3. The molecule has 1 amide bonds. The number of ether oxygens (including phenoxy) is 1. The number of hydrogen-bond acceptors (Lipinski definition) is 2. The van der Waals surface area contributed by atoms with E-state index >= 15 is 0 Å². The number of methoxy groups -OCH3 is 1. The van der Waals surface area contributed by atoms with Gasteiger partial charge in [0.25, 0.3) is 0 Å². The first kappa shape index (κ1) is 17.4. The molecule has 2 fully saturated rings. The molecule has 26 heavy (non-hydrogen) atoms. The van der Waals surface area contributed by atoms with Gasteiger partial charge in [-0.3, -0.25) is 4.79 Å². The van der Waals surface area contributed by atoms with Crippen LogP contribution in [0.4, 0.5) is 0 Å². The van der Waals surface area contributed by atoms with E-state index in [4.69, 9.17) is 16.3 Å². The van der Waals surface area contributed by atoms with Gasteiger partial charge in [-0.25, -0.2) is 0 Å². The Morgan fingerprint density at radius 3 is 2.50 bits per heavy atom. The number of carbonyl (C=O) groups excluding carboxylic acids is 1. The van der Waals surface area contributed by atoms with E-state index in [9.17, 15) is 4.79 Å². The van der Waals surface area contributed by atoms with Crippen molar-refractivity contribution >= 4 is 17.5 Å². The van der Waals surface area contributed by atoms with Crippen molar-refractivity contribution in [3.63, 3.8) is 0 Å². The summed E-state index contributed by atoms with van der Waals surface area (Å²) in [5, 5.41) is 3.92. The molecule has 0 radical (unpaired) electrons. The van der Waals surface area contributed by atoms with Gasteiger partial charge in [0.05, 0.1) is 7.11 Å². The molecule has 4 rings (SSSR count). The molecule has 4 atom stereocenters.